The van der Waals surface area contributed by atoms with E-state index in [9.17, 15) is 4.79 Å². The highest BCUT2D eigenvalue weighted by atomic mass is 35.5. The Balaban J connectivity index is 2.05. The van der Waals surface area contributed by atoms with Gasteiger partial charge in [-0.2, -0.15) is 0 Å². The minimum absolute atomic E-state index is 0.177. The Morgan fingerprint density at radius 1 is 1.20 bits per heavy atom. The highest BCUT2D eigenvalue weighted by Gasteiger charge is 2.36. The number of carbonyl (C=O) groups excluding carboxylic acids is 1. The maximum atomic E-state index is 12.4. The minimum Gasteiger partial charge on any atom is -0.322 e. The second kappa shape index (κ2) is 6.45. The zero-order valence-corrected chi connectivity index (χ0v) is 14.3. The van der Waals surface area contributed by atoms with Crippen LogP contribution in [0.15, 0.2) is 12.1 Å². The molecule has 0 aromatic heterocycles. The summed E-state index contributed by atoms with van der Waals surface area (Å²) < 4.78 is 0. The van der Waals surface area contributed by atoms with Crippen molar-refractivity contribution in [3.63, 3.8) is 0 Å². The average Bonchev–Trinajstić information content (AvgIpc) is 2.34. The number of aryl methyl sites for hydroxylation is 2. The summed E-state index contributed by atoms with van der Waals surface area (Å²) in [7, 11) is -1.03. The molecular weight excluding hydrogens is 289 g/mol. The molecular formula is C16H24ClNOP+. The molecule has 1 fully saturated rings. The van der Waals surface area contributed by atoms with E-state index in [-0.39, 0.29) is 5.91 Å². The maximum Gasteiger partial charge on any atom is 0.261 e. The molecule has 0 saturated carbocycles. The third kappa shape index (κ3) is 3.96. The number of anilines is 1. The summed E-state index contributed by atoms with van der Waals surface area (Å²) in [6, 6.07) is 3.81. The van der Waals surface area contributed by atoms with Crippen LogP contribution in [0.1, 0.15) is 30.4 Å². The molecule has 1 amide bonds. The lowest BCUT2D eigenvalue weighted by molar-refractivity contribution is -0.113. The van der Waals surface area contributed by atoms with Gasteiger partial charge in [-0.1, -0.05) is 11.6 Å². The van der Waals surface area contributed by atoms with Crippen molar-refractivity contribution in [1.29, 1.82) is 0 Å². The predicted octanol–water partition coefficient (Wildman–Crippen LogP) is 4.73. The van der Waals surface area contributed by atoms with Crippen LogP contribution >= 0.6 is 18.9 Å². The van der Waals surface area contributed by atoms with Crippen LogP contribution in [0.3, 0.4) is 0 Å². The molecule has 110 valence electrons. The van der Waals surface area contributed by atoms with Gasteiger partial charge in [-0.05, 0) is 56.4 Å². The molecule has 0 aliphatic carbocycles. The van der Waals surface area contributed by atoms with Gasteiger partial charge < -0.3 is 5.32 Å². The van der Waals surface area contributed by atoms with Gasteiger partial charge in [0.25, 0.3) is 5.91 Å². The molecule has 1 aromatic carbocycles. The van der Waals surface area contributed by atoms with Gasteiger partial charge in [-0.3, -0.25) is 4.79 Å². The van der Waals surface area contributed by atoms with Crippen molar-refractivity contribution in [2.24, 2.45) is 0 Å². The molecule has 4 heteroatoms. The first-order valence-corrected chi connectivity index (χ1v) is 10.5. The lowest BCUT2D eigenvalue weighted by atomic mass is 10.1. The number of hydrogen-bond acceptors (Lipinski definition) is 1. The molecule has 1 saturated heterocycles. The van der Waals surface area contributed by atoms with Gasteiger partial charge in [-0.25, -0.2) is 0 Å². The lowest BCUT2D eigenvalue weighted by Crippen LogP contribution is -2.23. The van der Waals surface area contributed by atoms with Gasteiger partial charge in [0, 0.05) is 24.6 Å². The van der Waals surface area contributed by atoms with Crippen molar-refractivity contribution in [1.82, 2.24) is 0 Å². The van der Waals surface area contributed by atoms with E-state index in [0.717, 1.165) is 28.0 Å². The van der Waals surface area contributed by atoms with Crippen LogP contribution in [0.25, 0.3) is 0 Å². The average molecular weight is 313 g/mol. The molecule has 20 heavy (non-hydrogen) atoms. The van der Waals surface area contributed by atoms with E-state index in [4.69, 9.17) is 11.6 Å². The Hall–Kier alpha value is -0.590. The number of halogens is 1. The highest BCUT2D eigenvalue weighted by molar-refractivity contribution is 7.76. The Bertz CT molecular complexity index is 486. The van der Waals surface area contributed by atoms with E-state index in [1.54, 1.807) is 0 Å². The SMILES string of the molecule is Cc1cc(Cl)cc(C)c1NC(=O)C[P+]1(C)CCCCC1. The number of benzene rings is 1. The summed E-state index contributed by atoms with van der Waals surface area (Å²) in [6.07, 6.45) is 7.23. The molecule has 1 N–H and O–H groups in total. The second-order valence-corrected chi connectivity index (χ2v) is 11.1. The van der Waals surface area contributed by atoms with Crippen molar-refractivity contribution in [2.45, 2.75) is 33.1 Å². The molecule has 1 aliphatic rings. The summed E-state index contributed by atoms with van der Waals surface area (Å²) in [6.45, 7) is 6.34. The summed E-state index contributed by atoms with van der Waals surface area (Å²) in [4.78, 5) is 12.4. The predicted molar refractivity (Wildman–Crippen MR) is 90.9 cm³/mol. The zero-order chi connectivity index (χ0) is 14.8. The fraction of sp³-hybridized carbons (Fsp3) is 0.562. The standard InChI is InChI=1S/C16H23ClNOP/c1-12-9-14(17)10-13(2)16(12)18-15(19)11-20(3)7-5-4-6-8-20/h9-10H,4-8,11H2,1-3H3/p+1. The summed E-state index contributed by atoms with van der Waals surface area (Å²) in [5.41, 5.74) is 3.01. The van der Waals surface area contributed by atoms with Crippen LogP contribution in [0.2, 0.25) is 5.02 Å². The van der Waals surface area contributed by atoms with Gasteiger partial charge in [-0.15, -0.1) is 0 Å². The van der Waals surface area contributed by atoms with Crippen LogP contribution in [-0.4, -0.2) is 31.1 Å². The summed E-state index contributed by atoms with van der Waals surface area (Å²) in [5, 5.41) is 3.84. The summed E-state index contributed by atoms with van der Waals surface area (Å²) in [5.74, 6) is 0.177. The minimum atomic E-state index is -1.03. The smallest absolute Gasteiger partial charge is 0.261 e. The van der Waals surface area contributed by atoms with Crippen LogP contribution in [-0.2, 0) is 4.79 Å². The Morgan fingerprint density at radius 2 is 1.75 bits per heavy atom. The van der Waals surface area contributed by atoms with Crippen LogP contribution in [0.5, 0.6) is 0 Å². The lowest BCUT2D eigenvalue weighted by Gasteiger charge is -2.26. The Kier molecular flexibility index (Phi) is 5.09. The molecule has 1 heterocycles. The number of nitrogens with one attached hydrogen (secondary N) is 1. The van der Waals surface area contributed by atoms with Gasteiger partial charge in [0.1, 0.15) is 6.16 Å². The van der Waals surface area contributed by atoms with E-state index in [1.165, 1.54) is 31.6 Å². The normalized spacial score (nSPS) is 17.8. The number of hydrogen-bond donors (Lipinski definition) is 1. The molecule has 1 aromatic rings. The van der Waals surface area contributed by atoms with Crippen molar-refractivity contribution in [3.8, 4) is 0 Å². The largest absolute Gasteiger partial charge is 0.322 e. The fourth-order valence-electron chi connectivity index (χ4n) is 3.07. The van der Waals surface area contributed by atoms with Crippen LogP contribution in [0.4, 0.5) is 5.69 Å². The van der Waals surface area contributed by atoms with Crippen molar-refractivity contribution in [3.05, 3.63) is 28.3 Å². The quantitative estimate of drug-likeness (QED) is 0.803. The molecule has 0 atom stereocenters. The first-order valence-electron chi connectivity index (χ1n) is 7.30. The maximum absolute atomic E-state index is 12.4. The first-order chi connectivity index (χ1) is 9.39. The zero-order valence-electron chi connectivity index (χ0n) is 12.6. The number of carbonyl (C=O) groups is 1. The highest BCUT2D eigenvalue weighted by Crippen LogP contribution is 2.58. The molecule has 2 rings (SSSR count). The molecule has 0 bridgehead atoms. The number of amides is 1. The third-order valence-electron chi connectivity index (χ3n) is 4.18. The van der Waals surface area contributed by atoms with Gasteiger partial charge in [0.2, 0.25) is 0 Å². The Labute approximate surface area is 127 Å². The van der Waals surface area contributed by atoms with E-state index in [2.05, 4.69) is 12.0 Å². The molecule has 0 unspecified atom stereocenters. The van der Waals surface area contributed by atoms with Crippen LogP contribution < -0.4 is 5.32 Å². The van der Waals surface area contributed by atoms with Gasteiger partial charge in [0.15, 0.2) is 0 Å². The van der Waals surface area contributed by atoms with Crippen molar-refractivity contribution >= 4 is 30.5 Å². The fourth-order valence-corrected chi connectivity index (χ4v) is 6.68. The van der Waals surface area contributed by atoms with Crippen molar-refractivity contribution in [2.75, 3.05) is 30.5 Å². The summed E-state index contributed by atoms with van der Waals surface area (Å²) >= 11 is 6.03. The van der Waals surface area contributed by atoms with Crippen molar-refractivity contribution < 1.29 is 4.79 Å². The van der Waals surface area contributed by atoms with E-state index in [0.29, 0.717) is 0 Å². The van der Waals surface area contributed by atoms with E-state index < -0.39 is 7.26 Å². The Morgan fingerprint density at radius 3 is 2.30 bits per heavy atom. The van der Waals surface area contributed by atoms with E-state index >= 15 is 0 Å². The van der Waals surface area contributed by atoms with Gasteiger partial charge >= 0.3 is 0 Å². The van der Waals surface area contributed by atoms with E-state index in [1.807, 2.05) is 26.0 Å². The molecule has 2 nitrogen and oxygen atoms in total. The van der Waals surface area contributed by atoms with Gasteiger partial charge in [0.05, 0.1) is 12.3 Å². The molecule has 0 spiro atoms. The molecule has 0 radical (unpaired) electrons. The third-order valence-corrected chi connectivity index (χ3v) is 8.24. The second-order valence-electron chi connectivity index (χ2n) is 6.25. The monoisotopic (exact) mass is 312 g/mol. The molecule has 1 aliphatic heterocycles. The topological polar surface area (TPSA) is 29.1 Å². The number of rotatable bonds is 3. The van der Waals surface area contributed by atoms with Crippen LogP contribution in [0, 0.1) is 13.8 Å². The first kappa shape index (κ1) is 15.8.